The van der Waals surface area contributed by atoms with E-state index in [4.69, 9.17) is 0 Å². The first-order valence-electron chi connectivity index (χ1n) is 6.57. The minimum Gasteiger partial charge on any atom is -0.387 e. The fourth-order valence-electron chi connectivity index (χ4n) is 2.50. The van der Waals surface area contributed by atoms with Crippen molar-refractivity contribution in [1.29, 1.82) is 0 Å². The van der Waals surface area contributed by atoms with Gasteiger partial charge in [-0.2, -0.15) is 0 Å². The zero-order valence-corrected chi connectivity index (χ0v) is 11.7. The van der Waals surface area contributed by atoms with Crippen molar-refractivity contribution in [3.05, 3.63) is 24.0 Å². The van der Waals surface area contributed by atoms with Gasteiger partial charge in [-0.3, -0.25) is 9.78 Å². The van der Waals surface area contributed by atoms with Gasteiger partial charge in [0.1, 0.15) is 0 Å². The van der Waals surface area contributed by atoms with Crippen LogP contribution < -0.4 is 10.2 Å². The molecule has 1 saturated heterocycles. The Morgan fingerprint density at radius 1 is 1.58 bits per heavy atom. The lowest BCUT2D eigenvalue weighted by molar-refractivity contribution is -0.128. The van der Waals surface area contributed by atoms with Gasteiger partial charge < -0.3 is 15.3 Å². The first kappa shape index (κ1) is 13.8. The molecule has 2 rings (SSSR count). The second-order valence-electron chi connectivity index (χ2n) is 5.43. The summed E-state index contributed by atoms with van der Waals surface area (Å²) in [6.45, 7) is 5.23. The molecule has 5 nitrogen and oxygen atoms in total. The van der Waals surface area contributed by atoms with E-state index in [9.17, 15) is 9.90 Å². The molecule has 2 atom stereocenters. The molecular weight excluding hydrogens is 242 g/mol. The Balaban J connectivity index is 2.10. The minimum atomic E-state index is -0.552. The molecule has 1 aromatic rings. The van der Waals surface area contributed by atoms with Crippen LogP contribution in [0.4, 0.5) is 5.69 Å². The van der Waals surface area contributed by atoms with E-state index in [0.717, 1.165) is 18.7 Å². The molecule has 0 radical (unpaired) electrons. The van der Waals surface area contributed by atoms with Crippen LogP contribution in [0.1, 0.15) is 32.1 Å². The topological polar surface area (TPSA) is 65.5 Å². The van der Waals surface area contributed by atoms with Gasteiger partial charge in [0.05, 0.1) is 29.1 Å². The summed E-state index contributed by atoms with van der Waals surface area (Å²) in [4.78, 5) is 18.3. The average molecular weight is 263 g/mol. The van der Waals surface area contributed by atoms with Crippen LogP contribution in [0.15, 0.2) is 18.3 Å². The maximum Gasteiger partial charge on any atom is 0.227 e. The molecule has 1 aromatic heterocycles. The minimum absolute atomic E-state index is 0.0866. The highest BCUT2D eigenvalue weighted by molar-refractivity contribution is 5.83. The van der Waals surface area contributed by atoms with Crippen molar-refractivity contribution in [2.75, 3.05) is 25.0 Å². The van der Waals surface area contributed by atoms with E-state index < -0.39 is 6.10 Å². The van der Waals surface area contributed by atoms with Crippen LogP contribution in [-0.2, 0) is 4.79 Å². The second kappa shape index (κ2) is 5.17. The number of hydrogen-bond acceptors (Lipinski definition) is 4. The smallest absolute Gasteiger partial charge is 0.227 e. The maximum atomic E-state index is 11.9. The van der Waals surface area contributed by atoms with Crippen molar-refractivity contribution in [1.82, 2.24) is 10.3 Å². The molecule has 1 aliphatic rings. The number of aliphatic hydroxyl groups excluding tert-OH is 1. The van der Waals surface area contributed by atoms with E-state index in [0.29, 0.717) is 12.2 Å². The summed E-state index contributed by atoms with van der Waals surface area (Å²) < 4.78 is 0. The molecule has 19 heavy (non-hydrogen) atoms. The van der Waals surface area contributed by atoms with Crippen molar-refractivity contribution >= 4 is 11.6 Å². The van der Waals surface area contributed by atoms with Gasteiger partial charge in [0.2, 0.25) is 5.91 Å². The standard InChI is InChI=1S/C14H21N3O2/c1-10(18)12-5-4-11(8-16-12)17-7-6-14(2,9-17)13(19)15-3/h4-5,8,10,18H,6-7,9H2,1-3H3,(H,15,19)/t10-,14?/m1/s1. The van der Waals surface area contributed by atoms with Crippen LogP contribution in [-0.4, -0.2) is 36.1 Å². The first-order chi connectivity index (χ1) is 8.96. The number of anilines is 1. The van der Waals surface area contributed by atoms with Crippen molar-refractivity contribution in [3.63, 3.8) is 0 Å². The molecule has 1 fully saturated rings. The first-order valence-corrected chi connectivity index (χ1v) is 6.57. The molecule has 2 heterocycles. The number of rotatable bonds is 3. The molecule has 0 aliphatic carbocycles. The van der Waals surface area contributed by atoms with Gasteiger partial charge in [-0.1, -0.05) is 0 Å². The third-order valence-electron chi connectivity index (χ3n) is 3.81. The number of pyridine rings is 1. The van der Waals surface area contributed by atoms with Crippen LogP contribution in [0.3, 0.4) is 0 Å². The van der Waals surface area contributed by atoms with Crippen molar-refractivity contribution in [3.8, 4) is 0 Å². The Morgan fingerprint density at radius 3 is 2.84 bits per heavy atom. The molecule has 0 bridgehead atoms. The van der Waals surface area contributed by atoms with E-state index in [1.807, 2.05) is 19.1 Å². The molecule has 0 aromatic carbocycles. The van der Waals surface area contributed by atoms with Gasteiger partial charge in [0, 0.05) is 20.1 Å². The maximum absolute atomic E-state index is 11.9. The second-order valence-corrected chi connectivity index (χ2v) is 5.43. The van der Waals surface area contributed by atoms with Crippen molar-refractivity contribution in [2.45, 2.75) is 26.4 Å². The molecule has 1 unspecified atom stereocenters. The van der Waals surface area contributed by atoms with Crippen LogP contribution >= 0.6 is 0 Å². The third-order valence-corrected chi connectivity index (χ3v) is 3.81. The molecule has 0 spiro atoms. The summed E-state index contributed by atoms with van der Waals surface area (Å²) in [6, 6.07) is 3.78. The number of nitrogens with one attached hydrogen (secondary N) is 1. The van der Waals surface area contributed by atoms with Crippen LogP contribution in [0.2, 0.25) is 0 Å². The fourth-order valence-corrected chi connectivity index (χ4v) is 2.50. The van der Waals surface area contributed by atoms with Crippen molar-refractivity contribution in [2.24, 2.45) is 5.41 Å². The van der Waals surface area contributed by atoms with E-state index >= 15 is 0 Å². The van der Waals surface area contributed by atoms with Crippen LogP contribution in [0.25, 0.3) is 0 Å². The highest BCUT2D eigenvalue weighted by atomic mass is 16.3. The molecule has 5 heteroatoms. The van der Waals surface area contributed by atoms with Crippen molar-refractivity contribution < 1.29 is 9.90 Å². The summed E-state index contributed by atoms with van der Waals surface area (Å²) in [5.74, 6) is 0.0866. The molecule has 1 amide bonds. The van der Waals surface area contributed by atoms with Gasteiger partial charge >= 0.3 is 0 Å². The summed E-state index contributed by atoms with van der Waals surface area (Å²) >= 11 is 0. The number of amides is 1. The summed E-state index contributed by atoms with van der Waals surface area (Å²) in [5, 5.41) is 12.2. The van der Waals surface area contributed by atoms with Gasteiger partial charge in [-0.25, -0.2) is 0 Å². The number of carbonyl (C=O) groups is 1. The van der Waals surface area contributed by atoms with Gasteiger partial charge in [0.25, 0.3) is 0 Å². The Morgan fingerprint density at radius 2 is 2.32 bits per heavy atom. The number of carbonyl (C=O) groups excluding carboxylic acids is 1. The summed E-state index contributed by atoms with van der Waals surface area (Å²) in [6.07, 6.45) is 2.05. The normalized spacial score (nSPS) is 24.3. The third kappa shape index (κ3) is 2.71. The number of nitrogens with zero attached hydrogens (tertiary/aromatic N) is 2. The predicted molar refractivity (Wildman–Crippen MR) is 73.9 cm³/mol. The summed E-state index contributed by atoms with van der Waals surface area (Å²) in [7, 11) is 1.68. The lowest BCUT2D eigenvalue weighted by Crippen LogP contribution is -2.39. The zero-order valence-electron chi connectivity index (χ0n) is 11.7. The Hall–Kier alpha value is -1.62. The molecule has 1 aliphatic heterocycles. The lowest BCUT2D eigenvalue weighted by Gasteiger charge is -2.23. The predicted octanol–water partition coefficient (Wildman–Crippen LogP) is 1.10. The average Bonchev–Trinajstić information content (AvgIpc) is 2.82. The van der Waals surface area contributed by atoms with Crippen LogP contribution in [0, 0.1) is 5.41 Å². The lowest BCUT2D eigenvalue weighted by atomic mass is 9.89. The highest BCUT2D eigenvalue weighted by Crippen LogP contribution is 2.33. The SMILES string of the molecule is CNC(=O)C1(C)CCN(c2ccc([C@@H](C)O)nc2)C1. The highest BCUT2D eigenvalue weighted by Gasteiger charge is 2.39. The largest absolute Gasteiger partial charge is 0.387 e. The molecule has 104 valence electrons. The van der Waals surface area contributed by atoms with Gasteiger partial charge in [-0.15, -0.1) is 0 Å². The van der Waals surface area contributed by atoms with Gasteiger partial charge in [0.15, 0.2) is 0 Å². The van der Waals surface area contributed by atoms with Gasteiger partial charge in [-0.05, 0) is 32.4 Å². The Bertz CT molecular complexity index is 458. The summed E-state index contributed by atoms with van der Waals surface area (Å²) in [5.41, 5.74) is 1.33. The van der Waals surface area contributed by atoms with E-state index in [1.54, 1.807) is 20.2 Å². The van der Waals surface area contributed by atoms with E-state index in [1.165, 1.54) is 0 Å². The zero-order chi connectivity index (χ0) is 14.0. The van der Waals surface area contributed by atoms with E-state index in [-0.39, 0.29) is 11.3 Å². The van der Waals surface area contributed by atoms with E-state index in [2.05, 4.69) is 15.2 Å². The molecule has 2 N–H and O–H groups in total. The number of aromatic nitrogens is 1. The Labute approximate surface area is 113 Å². The molecular formula is C14H21N3O2. The monoisotopic (exact) mass is 263 g/mol. The quantitative estimate of drug-likeness (QED) is 0.857. The van der Waals surface area contributed by atoms with Crippen LogP contribution in [0.5, 0.6) is 0 Å². The molecule has 0 saturated carbocycles. The number of hydrogen-bond donors (Lipinski definition) is 2. The number of aliphatic hydroxyl groups is 1. The Kier molecular flexibility index (Phi) is 3.75. The fraction of sp³-hybridized carbons (Fsp3) is 0.571.